The molecule has 1 aromatic carbocycles. The molecule has 0 N–H and O–H groups in total. The Hall–Kier alpha value is -0.700. The molecule has 0 unspecified atom stereocenters. The van der Waals surface area contributed by atoms with Crippen molar-refractivity contribution in [3.8, 4) is 0 Å². The van der Waals surface area contributed by atoms with E-state index in [9.17, 15) is 4.39 Å². The Labute approximate surface area is 91.5 Å². The molecule has 1 nitrogen and oxygen atoms in total. The average molecular weight is 259 g/mol. The molecular formula is C11H12BrFO. The van der Waals surface area contributed by atoms with Crippen molar-refractivity contribution < 1.29 is 9.18 Å². The van der Waals surface area contributed by atoms with Crippen LogP contribution < -0.4 is 0 Å². The van der Waals surface area contributed by atoms with Gasteiger partial charge in [0.25, 0.3) is 0 Å². The first-order chi connectivity index (χ1) is 6.69. The second kappa shape index (κ2) is 5.25. The van der Waals surface area contributed by atoms with Gasteiger partial charge in [0.2, 0.25) is 0 Å². The van der Waals surface area contributed by atoms with Gasteiger partial charge in [0.1, 0.15) is 12.1 Å². The van der Waals surface area contributed by atoms with Gasteiger partial charge in [0.15, 0.2) is 0 Å². The molecule has 1 aliphatic rings. The van der Waals surface area contributed by atoms with Crippen molar-refractivity contribution in [3.05, 3.63) is 34.1 Å². The van der Waals surface area contributed by atoms with E-state index >= 15 is 0 Å². The van der Waals surface area contributed by atoms with Crippen LogP contribution in [0.1, 0.15) is 31.2 Å². The molecule has 0 spiro atoms. The molecule has 1 aliphatic carbocycles. The third kappa shape index (κ3) is 3.22. The van der Waals surface area contributed by atoms with Gasteiger partial charge >= 0.3 is 0 Å². The Morgan fingerprint density at radius 3 is 2.50 bits per heavy atom. The van der Waals surface area contributed by atoms with Crippen LogP contribution in [0.2, 0.25) is 0 Å². The summed E-state index contributed by atoms with van der Waals surface area (Å²) in [5.41, 5.74) is 1.14. The molecule has 0 saturated heterocycles. The van der Waals surface area contributed by atoms with Crippen LogP contribution in [0.25, 0.3) is 0 Å². The lowest BCUT2D eigenvalue weighted by atomic mass is 10.1. The molecule has 2 rings (SSSR count). The first-order valence-electron chi connectivity index (χ1n) is 4.53. The minimum absolute atomic E-state index is 0.144. The highest BCUT2D eigenvalue weighted by Gasteiger charge is 2.23. The van der Waals surface area contributed by atoms with Gasteiger partial charge in [-0.05, 0) is 59.3 Å². The molecule has 0 atom stereocenters. The van der Waals surface area contributed by atoms with E-state index in [4.69, 9.17) is 4.79 Å². The van der Waals surface area contributed by atoms with E-state index in [1.807, 2.05) is 6.07 Å². The molecule has 3 heteroatoms. The predicted molar refractivity (Wildman–Crippen MR) is 57.8 cm³/mol. The third-order valence-electron chi connectivity index (χ3n) is 1.99. The fourth-order valence-corrected chi connectivity index (χ4v) is 1.43. The summed E-state index contributed by atoms with van der Waals surface area (Å²) in [5, 5.41) is 0. The molecule has 1 saturated carbocycles. The van der Waals surface area contributed by atoms with Crippen LogP contribution in [0.4, 0.5) is 4.39 Å². The van der Waals surface area contributed by atoms with Crippen LogP contribution in [0.15, 0.2) is 22.7 Å². The standard InChI is InChI=1S/C9H8BrF.C2H4O/c10-8-4-3-7(5-9(8)11)6-1-2-6;1-2-3/h3-6H,1-2H2;2H,1H3. The zero-order valence-electron chi connectivity index (χ0n) is 7.97. The second-order valence-corrected chi connectivity index (χ2v) is 4.04. The summed E-state index contributed by atoms with van der Waals surface area (Å²) in [7, 11) is 0. The Morgan fingerprint density at radius 1 is 1.50 bits per heavy atom. The molecule has 1 aromatic rings. The van der Waals surface area contributed by atoms with Crippen molar-refractivity contribution in [1.82, 2.24) is 0 Å². The number of benzene rings is 1. The van der Waals surface area contributed by atoms with E-state index in [-0.39, 0.29) is 5.82 Å². The van der Waals surface area contributed by atoms with Crippen molar-refractivity contribution >= 4 is 22.2 Å². The van der Waals surface area contributed by atoms with E-state index in [2.05, 4.69) is 15.9 Å². The summed E-state index contributed by atoms with van der Waals surface area (Å²) in [6, 6.07) is 5.40. The van der Waals surface area contributed by atoms with E-state index in [0.29, 0.717) is 10.4 Å². The van der Waals surface area contributed by atoms with Gasteiger partial charge in [-0.25, -0.2) is 4.39 Å². The number of hydrogen-bond acceptors (Lipinski definition) is 1. The van der Waals surface area contributed by atoms with Crippen LogP contribution >= 0.6 is 15.9 Å². The van der Waals surface area contributed by atoms with Crippen LogP contribution in [0.5, 0.6) is 0 Å². The molecule has 0 aliphatic heterocycles. The molecule has 14 heavy (non-hydrogen) atoms. The molecule has 0 amide bonds. The molecule has 0 radical (unpaired) electrons. The summed E-state index contributed by atoms with van der Waals surface area (Å²) >= 11 is 3.12. The largest absolute Gasteiger partial charge is 0.304 e. The Balaban J connectivity index is 0.000000293. The number of halogens is 2. The van der Waals surface area contributed by atoms with Gasteiger partial charge in [-0.3, -0.25) is 0 Å². The highest BCUT2D eigenvalue weighted by atomic mass is 79.9. The zero-order valence-corrected chi connectivity index (χ0v) is 9.55. The summed E-state index contributed by atoms with van der Waals surface area (Å²) in [6.07, 6.45) is 3.20. The van der Waals surface area contributed by atoms with Crippen LogP contribution in [0.3, 0.4) is 0 Å². The van der Waals surface area contributed by atoms with E-state index in [1.165, 1.54) is 19.8 Å². The smallest absolute Gasteiger partial charge is 0.137 e. The molecule has 0 heterocycles. The predicted octanol–water partition coefficient (Wildman–Crippen LogP) is 3.67. The van der Waals surface area contributed by atoms with E-state index in [0.717, 1.165) is 11.8 Å². The Bertz CT molecular complexity index is 321. The number of carbonyl (C=O) groups excluding carboxylic acids is 1. The van der Waals surface area contributed by atoms with E-state index in [1.54, 1.807) is 12.1 Å². The molecule has 1 fully saturated rings. The first kappa shape index (κ1) is 11.4. The van der Waals surface area contributed by atoms with Gasteiger partial charge < -0.3 is 4.79 Å². The number of hydrogen-bond donors (Lipinski definition) is 0. The molecule has 0 bridgehead atoms. The van der Waals surface area contributed by atoms with Crippen molar-refractivity contribution in [2.75, 3.05) is 0 Å². The van der Waals surface area contributed by atoms with Gasteiger partial charge in [0.05, 0.1) is 4.47 Å². The average Bonchev–Trinajstić information content (AvgIpc) is 2.94. The fraction of sp³-hybridized carbons (Fsp3) is 0.364. The fourth-order valence-electron chi connectivity index (χ4n) is 1.18. The SMILES string of the molecule is CC=O.Fc1cc(C2CC2)ccc1Br. The first-order valence-corrected chi connectivity index (χ1v) is 5.33. The van der Waals surface area contributed by atoms with E-state index < -0.39 is 0 Å². The topological polar surface area (TPSA) is 17.1 Å². The molecule has 0 aromatic heterocycles. The number of aldehydes is 1. The second-order valence-electron chi connectivity index (χ2n) is 3.18. The Morgan fingerprint density at radius 2 is 2.07 bits per heavy atom. The summed E-state index contributed by atoms with van der Waals surface area (Å²) in [5.74, 6) is 0.493. The van der Waals surface area contributed by atoms with Crippen LogP contribution in [-0.2, 0) is 4.79 Å². The minimum Gasteiger partial charge on any atom is -0.304 e. The molecular weight excluding hydrogens is 247 g/mol. The van der Waals surface area contributed by atoms with Gasteiger partial charge in [0, 0.05) is 0 Å². The van der Waals surface area contributed by atoms with Gasteiger partial charge in [-0.2, -0.15) is 0 Å². The van der Waals surface area contributed by atoms with Crippen molar-refractivity contribution in [2.45, 2.75) is 25.7 Å². The van der Waals surface area contributed by atoms with Crippen LogP contribution in [-0.4, -0.2) is 6.29 Å². The zero-order chi connectivity index (χ0) is 10.6. The molecule has 76 valence electrons. The normalized spacial score (nSPS) is 14.2. The van der Waals surface area contributed by atoms with Crippen molar-refractivity contribution in [3.63, 3.8) is 0 Å². The van der Waals surface area contributed by atoms with Gasteiger partial charge in [-0.15, -0.1) is 0 Å². The lowest BCUT2D eigenvalue weighted by Crippen LogP contribution is -1.82. The van der Waals surface area contributed by atoms with Gasteiger partial charge in [-0.1, -0.05) is 6.07 Å². The Kier molecular flexibility index (Phi) is 4.26. The third-order valence-corrected chi connectivity index (χ3v) is 2.64. The monoisotopic (exact) mass is 258 g/mol. The maximum absolute atomic E-state index is 12.9. The maximum atomic E-state index is 12.9. The highest BCUT2D eigenvalue weighted by molar-refractivity contribution is 9.10. The number of carbonyl (C=O) groups is 1. The lowest BCUT2D eigenvalue weighted by molar-refractivity contribution is -0.106. The maximum Gasteiger partial charge on any atom is 0.137 e. The highest BCUT2D eigenvalue weighted by Crippen LogP contribution is 2.40. The summed E-state index contributed by atoms with van der Waals surface area (Å²) < 4.78 is 13.5. The quantitative estimate of drug-likeness (QED) is 0.703. The summed E-state index contributed by atoms with van der Waals surface area (Å²) in [6.45, 7) is 1.44. The minimum atomic E-state index is -0.144. The van der Waals surface area contributed by atoms with Crippen molar-refractivity contribution in [2.24, 2.45) is 0 Å². The lowest BCUT2D eigenvalue weighted by Gasteiger charge is -1.98. The van der Waals surface area contributed by atoms with Crippen LogP contribution in [0, 0.1) is 5.82 Å². The number of rotatable bonds is 1. The van der Waals surface area contributed by atoms with Crippen molar-refractivity contribution in [1.29, 1.82) is 0 Å². The summed E-state index contributed by atoms with van der Waals surface area (Å²) in [4.78, 5) is 8.81.